The maximum atomic E-state index is 13.2. The predicted octanol–water partition coefficient (Wildman–Crippen LogP) is 2.96. The van der Waals surface area contributed by atoms with Crippen LogP contribution in [0, 0.1) is 14.8 Å². The van der Waals surface area contributed by atoms with Gasteiger partial charge in [-0.3, -0.25) is 4.99 Å². The van der Waals surface area contributed by atoms with Crippen molar-refractivity contribution in [2.45, 2.75) is 26.8 Å². The van der Waals surface area contributed by atoms with Crippen molar-refractivity contribution in [3.63, 3.8) is 0 Å². The highest BCUT2D eigenvalue weighted by Crippen LogP contribution is 2.26. The van der Waals surface area contributed by atoms with E-state index in [9.17, 15) is 14.6 Å². The number of aliphatic hydroxyl groups excluding tert-OH is 1. The van der Waals surface area contributed by atoms with Crippen LogP contribution < -0.4 is 0 Å². The van der Waals surface area contributed by atoms with E-state index in [-0.39, 0.29) is 23.8 Å². The fraction of sp³-hybridized carbons (Fsp3) is 0.462. The first-order valence-corrected chi connectivity index (χ1v) is 6.65. The van der Waals surface area contributed by atoms with Gasteiger partial charge in [0.05, 0.1) is 16.2 Å². The first-order chi connectivity index (χ1) is 8.25. The molecule has 1 aromatic rings. The molecule has 3 nitrogen and oxygen atoms in total. The van der Waals surface area contributed by atoms with Crippen molar-refractivity contribution in [1.82, 2.24) is 0 Å². The third-order valence-electron chi connectivity index (χ3n) is 2.62. The van der Waals surface area contributed by atoms with Crippen molar-refractivity contribution in [2.24, 2.45) is 10.4 Å². The summed E-state index contributed by atoms with van der Waals surface area (Å²) >= 11 is 1.86. The second-order valence-electron chi connectivity index (χ2n) is 5.17. The molecule has 0 radical (unpaired) electrons. The molecule has 0 amide bonds. The molecular formula is C13H17FINO2. The van der Waals surface area contributed by atoms with Crippen LogP contribution >= 0.6 is 22.6 Å². The zero-order chi connectivity index (χ0) is 13.9. The smallest absolute Gasteiger partial charge is 0.137 e. The summed E-state index contributed by atoms with van der Waals surface area (Å²) in [5.74, 6) is -0.415. The number of nitrogens with zero attached hydrogens (tertiary/aromatic N) is 1. The van der Waals surface area contributed by atoms with E-state index in [2.05, 4.69) is 4.99 Å². The van der Waals surface area contributed by atoms with Crippen molar-refractivity contribution in [3.8, 4) is 5.75 Å². The monoisotopic (exact) mass is 365 g/mol. The van der Waals surface area contributed by atoms with Gasteiger partial charge in [0.2, 0.25) is 0 Å². The van der Waals surface area contributed by atoms with Crippen LogP contribution in [0.5, 0.6) is 5.75 Å². The number of phenols is 1. The Kier molecular flexibility index (Phi) is 5.10. The summed E-state index contributed by atoms with van der Waals surface area (Å²) in [5, 5.41) is 19.0. The Bertz CT molecular complexity index is 455. The molecule has 0 aliphatic carbocycles. The lowest BCUT2D eigenvalue weighted by atomic mass is 9.88. The molecule has 0 spiro atoms. The van der Waals surface area contributed by atoms with E-state index in [4.69, 9.17) is 0 Å². The van der Waals surface area contributed by atoms with Crippen LogP contribution in [0.4, 0.5) is 4.39 Å². The van der Waals surface area contributed by atoms with Gasteiger partial charge in [-0.05, 0) is 40.1 Å². The van der Waals surface area contributed by atoms with Gasteiger partial charge >= 0.3 is 0 Å². The maximum Gasteiger partial charge on any atom is 0.137 e. The van der Waals surface area contributed by atoms with Gasteiger partial charge in [0, 0.05) is 11.8 Å². The average Bonchev–Trinajstić information content (AvgIpc) is 2.23. The van der Waals surface area contributed by atoms with E-state index in [0.717, 1.165) is 0 Å². The summed E-state index contributed by atoms with van der Waals surface area (Å²) in [6.45, 7) is 5.79. The minimum atomic E-state index is -0.421. The number of aliphatic imine (C=N–C) groups is 1. The van der Waals surface area contributed by atoms with Crippen molar-refractivity contribution < 1.29 is 14.6 Å². The fourth-order valence-corrected chi connectivity index (χ4v) is 2.01. The molecule has 0 saturated carbocycles. The molecule has 1 rings (SSSR count). The highest BCUT2D eigenvalue weighted by Gasteiger charge is 2.22. The number of phenolic OH excluding ortho intramolecular Hbond substituents is 1. The zero-order valence-electron chi connectivity index (χ0n) is 10.6. The number of aliphatic hydroxyl groups is 1. The van der Waals surface area contributed by atoms with Gasteiger partial charge in [-0.25, -0.2) is 4.39 Å². The van der Waals surface area contributed by atoms with E-state index in [1.54, 1.807) is 0 Å². The zero-order valence-corrected chi connectivity index (χ0v) is 12.8. The summed E-state index contributed by atoms with van der Waals surface area (Å²) in [6.07, 6.45) is 1.41. The summed E-state index contributed by atoms with van der Waals surface area (Å²) < 4.78 is 13.7. The lowest BCUT2D eigenvalue weighted by molar-refractivity contribution is 0.191. The molecule has 0 aliphatic heterocycles. The van der Waals surface area contributed by atoms with Crippen molar-refractivity contribution in [3.05, 3.63) is 27.1 Å². The van der Waals surface area contributed by atoms with E-state index >= 15 is 0 Å². The minimum absolute atomic E-state index is 0.00588. The number of halogens is 2. The van der Waals surface area contributed by atoms with Crippen LogP contribution in [-0.2, 0) is 0 Å². The molecule has 5 heteroatoms. The van der Waals surface area contributed by atoms with Gasteiger partial charge in [0.15, 0.2) is 0 Å². The van der Waals surface area contributed by atoms with Gasteiger partial charge < -0.3 is 10.2 Å². The number of aromatic hydroxyl groups is 1. The van der Waals surface area contributed by atoms with Gasteiger partial charge in [0.1, 0.15) is 11.6 Å². The van der Waals surface area contributed by atoms with Crippen molar-refractivity contribution >= 4 is 28.8 Å². The van der Waals surface area contributed by atoms with Gasteiger partial charge in [0.25, 0.3) is 0 Å². The van der Waals surface area contributed by atoms with Crippen molar-refractivity contribution in [2.75, 3.05) is 6.61 Å². The highest BCUT2D eigenvalue weighted by atomic mass is 127. The summed E-state index contributed by atoms with van der Waals surface area (Å²) in [7, 11) is 0. The Morgan fingerprint density at radius 2 is 2.06 bits per heavy atom. The number of rotatable bonds is 3. The van der Waals surface area contributed by atoms with Crippen LogP contribution in [0.1, 0.15) is 26.3 Å². The van der Waals surface area contributed by atoms with Crippen molar-refractivity contribution in [1.29, 1.82) is 0 Å². The Balaban J connectivity index is 3.04. The standard InChI is InChI=1S/C13H17FINO2/c1-13(2,3)11(7-17)16-6-8-4-9(14)5-10(15)12(8)18/h4-6,11,17-18H,7H2,1-3H3/t11-/m0/s1. The lowest BCUT2D eigenvalue weighted by Gasteiger charge is -2.25. The van der Waals surface area contributed by atoms with E-state index in [1.807, 2.05) is 43.4 Å². The van der Waals surface area contributed by atoms with Gasteiger partial charge in [-0.2, -0.15) is 0 Å². The molecule has 2 N–H and O–H groups in total. The first-order valence-electron chi connectivity index (χ1n) is 5.57. The van der Waals surface area contributed by atoms with Crippen LogP contribution in [0.2, 0.25) is 0 Å². The lowest BCUT2D eigenvalue weighted by Crippen LogP contribution is -2.28. The summed E-state index contributed by atoms with van der Waals surface area (Å²) in [6, 6.07) is 2.18. The molecular weight excluding hydrogens is 348 g/mol. The van der Waals surface area contributed by atoms with E-state index in [0.29, 0.717) is 9.13 Å². The summed E-state index contributed by atoms with van der Waals surface area (Å²) in [4.78, 5) is 4.22. The van der Waals surface area contributed by atoms with Crippen LogP contribution in [0.3, 0.4) is 0 Å². The summed E-state index contributed by atoms with van der Waals surface area (Å²) in [5.41, 5.74) is 0.128. The first kappa shape index (κ1) is 15.4. The molecule has 100 valence electrons. The Morgan fingerprint density at radius 3 is 2.56 bits per heavy atom. The van der Waals surface area contributed by atoms with Crippen LogP contribution in [0.15, 0.2) is 17.1 Å². The average molecular weight is 365 g/mol. The highest BCUT2D eigenvalue weighted by molar-refractivity contribution is 14.1. The molecule has 18 heavy (non-hydrogen) atoms. The topological polar surface area (TPSA) is 52.8 Å². The van der Waals surface area contributed by atoms with Crippen LogP contribution in [0.25, 0.3) is 0 Å². The largest absolute Gasteiger partial charge is 0.506 e. The predicted molar refractivity (Wildman–Crippen MR) is 78.7 cm³/mol. The second kappa shape index (κ2) is 5.97. The molecule has 0 fully saturated rings. The molecule has 0 saturated heterocycles. The Morgan fingerprint density at radius 1 is 1.44 bits per heavy atom. The molecule has 0 unspecified atom stereocenters. The van der Waals surface area contributed by atoms with E-state index in [1.165, 1.54) is 18.3 Å². The number of hydrogen-bond donors (Lipinski definition) is 2. The third-order valence-corrected chi connectivity index (χ3v) is 3.45. The quantitative estimate of drug-likeness (QED) is 0.639. The molecule has 1 aromatic carbocycles. The number of benzene rings is 1. The van der Waals surface area contributed by atoms with E-state index < -0.39 is 5.82 Å². The SMILES string of the molecule is CC(C)(C)[C@H](CO)N=Cc1cc(F)cc(I)c1O. The fourth-order valence-electron chi connectivity index (χ4n) is 1.40. The Labute approximate surface area is 120 Å². The minimum Gasteiger partial charge on any atom is -0.506 e. The van der Waals surface area contributed by atoms with Gasteiger partial charge in [-0.1, -0.05) is 20.8 Å². The van der Waals surface area contributed by atoms with Crippen LogP contribution in [-0.4, -0.2) is 29.1 Å². The molecule has 0 aromatic heterocycles. The normalized spacial score (nSPS) is 14.1. The number of hydrogen-bond acceptors (Lipinski definition) is 3. The maximum absolute atomic E-state index is 13.2. The third kappa shape index (κ3) is 3.91. The van der Waals surface area contributed by atoms with Gasteiger partial charge in [-0.15, -0.1) is 0 Å². The molecule has 0 aliphatic rings. The molecule has 0 bridgehead atoms. The second-order valence-corrected chi connectivity index (χ2v) is 6.33. The Hall–Kier alpha value is -0.690. The molecule has 1 atom stereocenters. The molecule has 0 heterocycles.